The van der Waals surface area contributed by atoms with E-state index in [2.05, 4.69) is 20.6 Å². The summed E-state index contributed by atoms with van der Waals surface area (Å²) in [4.78, 5) is 47.3. The minimum Gasteiger partial charge on any atom is -0.497 e. The molecular weight excluding hydrogens is 464 g/mol. The highest BCUT2D eigenvalue weighted by atomic mass is 16.5. The molecule has 11 nitrogen and oxygen atoms in total. The Morgan fingerprint density at radius 3 is 2.58 bits per heavy atom. The second kappa shape index (κ2) is 9.02. The second-order valence-electron chi connectivity index (χ2n) is 8.33. The molecule has 4 N–H and O–H groups in total. The number of nitrogens with one attached hydrogen (secondary N) is 2. The van der Waals surface area contributed by atoms with Gasteiger partial charge in [-0.15, -0.1) is 0 Å². The molecule has 0 aliphatic carbocycles. The van der Waals surface area contributed by atoms with E-state index >= 15 is 0 Å². The van der Waals surface area contributed by atoms with E-state index < -0.39 is 17.5 Å². The molecule has 1 aromatic carbocycles. The van der Waals surface area contributed by atoms with Gasteiger partial charge in [-0.2, -0.15) is 0 Å². The first-order valence-corrected chi connectivity index (χ1v) is 11.0. The minimum absolute atomic E-state index is 0.155. The van der Waals surface area contributed by atoms with Gasteiger partial charge in [-0.05, 0) is 42.0 Å². The number of rotatable bonds is 8. The Kier molecular flexibility index (Phi) is 5.72. The molecule has 1 aliphatic heterocycles. The minimum atomic E-state index is -1.63. The van der Waals surface area contributed by atoms with Gasteiger partial charge in [-0.1, -0.05) is 12.1 Å². The first kappa shape index (κ1) is 22.8. The van der Waals surface area contributed by atoms with Crippen LogP contribution in [0.5, 0.6) is 5.75 Å². The van der Waals surface area contributed by atoms with E-state index in [-0.39, 0.29) is 18.8 Å². The van der Waals surface area contributed by atoms with Crippen molar-refractivity contribution in [1.82, 2.24) is 25.5 Å². The number of benzene rings is 1. The Morgan fingerprint density at radius 1 is 1.14 bits per heavy atom. The Hall–Kier alpha value is -4.93. The Bertz CT molecular complexity index is 1450. The summed E-state index contributed by atoms with van der Waals surface area (Å²) < 4.78 is 11.1. The van der Waals surface area contributed by atoms with E-state index in [1.54, 1.807) is 55.8 Å². The quantitative estimate of drug-likeness (QED) is 0.253. The van der Waals surface area contributed by atoms with Crippen molar-refractivity contribution in [3.63, 3.8) is 0 Å². The third kappa shape index (κ3) is 4.17. The zero-order valence-corrected chi connectivity index (χ0v) is 19.2. The van der Waals surface area contributed by atoms with Crippen molar-refractivity contribution >= 4 is 35.3 Å². The van der Waals surface area contributed by atoms with Crippen LogP contribution in [0.25, 0.3) is 22.4 Å². The number of methoxy groups -OCH3 is 1. The van der Waals surface area contributed by atoms with Crippen molar-refractivity contribution in [3.8, 4) is 17.0 Å². The average molecular weight is 486 g/mol. The summed E-state index contributed by atoms with van der Waals surface area (Å²) in [5.74, 6) is 0.600. The van der Waals surface area contributed by atoms with Gasteiger partial charge in [0.1, 0.15) is 22.8 Å². The van der Waals surface area contributed by atoms with Crippen molar-refractivity contribution in [1.29, 1.82) is 0 Å². The van der Waals surface area contributed by atoms with Gasteiger partial charge in [0.2, 0.25) is 6.41 Å². The van der Waals surface area contributed by atoms with Gasteiger partial charge in [0.15, 0.2) is 11.1 Å². The van der Waals surface area contributed by atoms with Crippen molar-refractivity contribution in [2.75, 3.05) is 19.4 Å². The van der Waals surface area contributed by atoms with E-state index in [0.29, 0.717) is 34.8 Å². The van der Waals surface area contributed by atoms with Gasteiger partial charge < -0.3 is 25.1 Å². The van der Waals surface area contributed by atoms with Crippen LogP contribution in [0, 0.1) is 0 Å². The van der Waals surface area contributed by atoms with Gasteiger partial charge in [-0.3, -0.25) is 14.9 Å². The van der Waals surface area contributed by atoms with E-state index in [1.165, 1.54) is 4.90 Å². The molecule has 3 aromatic heterocycles. The van der Waals surface area contributed by atoms with E-state index in [0.717, 1.165) is 11.1 Å². The van der Waals surface area contributed by atoms with E-state index in [1.807, 2.05) is 12.1 Å². The van der Waals surface area contributed by atoms with Gasteiger partial charge in [0.25, 0.3) is 5.91 Å². The summed E-state index contributed by atoms with van der Waals surface area (Å²) in [6.07, 6.45) is 2.23. The molecule has 1 aliphatic rings. The van der Waals surface area contributed by atoms with Crippen molar-refractivity contribution in [2.24, 2.45) is 0 Å². The van der Waals surface area contributed by atoms with Crippen LogP contribution in [0.3, 0.4) is 0 Å². The maximum absolute atomic E-state index is 13.0. The number of anilines is 1. The van der Waals surface area contributed by atoms with Crippen molar-refractivity contribution in [3.05, 3.63) is 72.1 Å². The number of ether oxygens (including phenoxy) is 1. The maximum Gasteiger partial charge on any atom is 0.322 e. The van der Waals surface area contributed by atoms with Gasteiger partial charge in [0, 0.05) is 24.4 Å². The van der Waals surface area contributed by atoms with Gasteiger partial charge in [-0.25, -0.2) is 14.8 Å². The van der Waals surface area contributed by atoms with Crippen molar-refractivity contribution < 1.29 is 23.5 Å². The molecule has 0 bridgehead atoms. The lowest BCUT2D eigenvalue weighted by molar-refractivity contribution is -0.127. The Balaban J connectivity index is 1.48. The maximum atomic E-state index is 13.0. The van der Waals surface area contributed by atoms with Crippen LogP contribution in [-0.2, 0) is 21.7 Å². The summed E-state index contributed by atoms with van der Waals surface area (Å²) in [5, 5.41) is 4.90. The molecule has 0 unspecified atom stereocenters. The zero-order valence-electron chi connectivity index (χ0n) is 19.2. The lowest BCUT2D eigenvalue weighted by Gasteiger charge is -2.29. The molecule has 5 rings (SSSR count). The predicted molar refractivity (Wildman–Crippen MR) is 129 cm³/mol. The largest absolute Gasteiger partial charge is 0.497 e. The fourth-order valence-electron chi connectivity index (χ4n) is 4.11. The van der Waals surface area contributed by atoms with E-state index in [4.69, 9.17) is 14.9 Å². The fraction of sp³-hybridized carbons (Fsp3) is 0.160. The number of furan rings is 1. The highest BCUT2D eigenvalue weighted by molar-refractivity contribution is 6.07. The number of nitrogen functional groups attached to an aromatic ring is 1. The van der Waals surface area contributed by atoms with Crippen LogP contribution in [0.2, 0.25) is 0 Å². The third-order valence-electron chi connectivity index (χ3n) is 5.95. The number of imide groups is 1. The summed E-state index contributed by atoms with van der Waals surface area (Å²) in [6, 6.07) is 15.0. The van der Waals surface area contributed by atoms with Crippen LogP contribution in [0.4, 0.5) is 10.6 Å². The number of aromatic nitrogens is 2. The van der Waals surface area contributed by atoms with Crippen LogP contribution in [0.1, 0.15) is 11.3 Å². The molecule has 0 saturated carbocycles. The number of nitrogens with two attached hydrogens (primary N) is 1. The normalized spacial score (nSPS) is 17.0. The highest BCUT2D eigenvalue weighted by Crippen LogP contribution is 2.32. The van der Waals surface area contributed by atoms with Gasteiger partial charge in [0.05, 0.1) is 19.3 Å². The summed E-state index contributed by atoms with van der Waals surface area (Å²) >= 11 is 0. The lowest BCUT2D eigenvalue weighted by Crippen LogP contribution is -2.52. The number of urea groups is 1. The molecule has 11 heteroatoms. The van der Waals surface area contributed by atoms with Crippen molar-refractivity contribution in [2.45, 2.75) is 12.1 Å². The number of amides is 4. The Labute approximate surface area is 205 Å². The first-order valence-electron chi connectivity index (χ1n) is 11.0. The van der Waals surface area contributed by atoms with E-state index in [9.17, 15) is 14.4 Å². The monoisotopic (exact) mass is 486 g/mol. The predicted octanol–water partition coefficient (Wildman–Crippen LogP) is 2.17. The smallest absolute Gasteiger partial charge is 0.322 e. The second-order valence-corrected chi connectivity index (χ2v) is 8.33. The molecule has 1 fully saturated rings. The number of pyridine rings is 2. The molecular formula is C25H22N6O5. The number of hydrogen-bond acceptors (Lipinski definition) is 8. The molecule has 4 aromatic rings. The zero-order chi connectivity index (χ0) is 25.3. The number of hydrogen-bond donors (Lipinski definition) is 3. The van der Waals surface area contributed by atoms with Crippen LogP contribution < -0.4 is 21.1 Å². The third-order valence-corrected chi connectivity index (χ3v) is 5.95. The standard InChI is InChI=1S/C25H22N6O5/c1-35-17-5-2-15(3-6-17)12-31(14-32)13-25(23(33)29-24(34)30-25)21-10-19-20(36-21)8-7-18(28-19)16-4-9-22(26)27-11-16/h2-11,14H,12-13H2,1H3,(H2,26,27)(H2,29,30,33,34)/t25-/m0/s1. The molecule has 4 amide bonds. The topological polar surface area (TPSA) is 153 Å². The highest BCUT2D eigenvalue weighted by Gasteiger charge is 2.51. The number of nitrogens with zero attached hydrogens (tertiary/aromatic N) is 3. The molecule has 0 radical (unpaired) electrons. The Morgan fingerprint density at radius 2 is 1.94 bits per heavy atom. The van der Waals surface area contributed by atoms with Gasteiger partial charge >= 0.3 is 6.03 Å². The van der Waals surface area contributed by atoms with Crippen LogP contribution in [-0.4, -0.2) is 46.9 Å². The van der Waals surface area contributed by atoms with Crippen LogP contribution in [0.15, 0.2) is 65.2 Å². The summed E-state index contributed by atoms with van der Waals surface area (Å²) in [5.41, 5.74) is 7.12. The summed E-state index contributed by atoms with van der Waals surface area (Å²) in [7, 11) is 1.57. The molecule has 36 heavy (non-hydrogen) atoms. The lowest BCUT2D eigenvalue weighted by atomic mass is 9.95. The number of fused-ring (bicyclic) bond motifs is 1. The summed E-state index contributed by atoms with van der Waals surface area (Å²) in [6.45, 7) is 0.0415. The fourth-order valence-corrected chi connectivity index (χ4v) is 4.11. The SMILES string of the molecule is COc1ccc(CN(C=O)C[C@@]2(c3cc4nc(-c5ccc(N)nc5)ccc4o3)NC(=O)NC2=O)cc1. The molecule has 182 valence electrons. The molecule has 0 spiro atoms. The number of carbonyl (C=O) groups is 3. The molecule has 1 saturated heterocycles. The molecule has 1 atom stereocenters. The first-order chi connectivity index (χ1) is 17.4. The average Bonchev–Trinajstić information content (AvgIpc) is 3.44. The molecule has 4 heterocycles. The van der Waals surface area contributed by atoms with Crippen LogP contribution >= 0.6 is 0 Å². The number of carbonyl (C=O) groups excluding carboxylic acids is 3.